The average molecular weight is 320 g/mol. The molecule has 0 aliphatic rings. The molecule has 0 spiro atoms. The summed E-state index contributed by atoms with van der Waals surface area (Å²) in [5.74, 6) is 0.359. The second kappa shape index (κ2) is 6.91. The maximum atomic E-state index is 11.5. The monoisotopic (exact) mass is 320 g/mol. The fraction of sp³-hybridized carbons (Fsp3) is 0.105. The molecule has 120 valence electrons. The van der Waals surface area contributed by atoms with Gasteiger partial charge >= 0.3 is 5.97 Å². The Kier molecular flexibility index (Phi) is 4.52. The van der Waals surface area contributed by atoms with Crippen LogP contribution in [0.15, 0.2) is 60.8 Å². The first-order valence-electron chi connectivity index (χ1n) is 7.46. The lowest BCUT2D eigenvalue weighted by molar-refractivity contribution is 0.0600. The van der Waals surface area contributed by atoms with E-state index in [1.54, 1.807) is 18.3 Å². The van der Waals surface area contributed by atoms with Crippen LogP contribution in [0.1, 0.15) is 26.4 Å². The van der Waals surface area contributed by atoms with E-state index in [1.807, 2.05) is 47.0 Å². The van der Waals surface area contributed by atoms with Crippen LogP contribution in [-0.2, 0) is 11.3 Å². The quantitative estimate of drug-likeness (QED) is 0.535. The molecule has 2 aromatic carbocycles. The maximum Gasteiger partial charge on any atom is 0.337 e. The number of imidazole rings is 1. The maximum absolute atomic E-state index is 11.5. The normalized spacial score (nSPS) is 10.4. The minimum absolute atomic E-state index is 0.372. The van der Waals surface area contributed by atoms with Gasteiger partial charge in [0, 0.05) is 12.1 Å². The molecule has 0 saturated carbocycles. The van der Waals surface area contributed by atoms with Crippen LogP contribution in [0.2, 0.25) is 0 Å². The topological polar surface area (TPSA) is 61.2 Å². The Morgan fingerprint density at radius 2 is 1.83 bits per heavy atom. The lowest BCUT2D eigenvalue weighted by Crippen LogP contribution is -2.07. The van der Waals surface area contributed by atoms with Gasteiger partial charge in [0.15, 0.2) is 6.29 Å². The van der Waals surface area contributed by atoms with E-state index < -0.39 is 0 Å². The highest BCUT2D eigenvalue weighted by Gasteiger charge is 2.12. The fourth-order valence-electron chi connectivity index (χ4n) is 2.51. The van der Waals surface area contributed by atoms with Gasteiger partial charge in [-0.1, -0.05) is 42.5 Å². The number of esters is 1. The number of hydrogen-bond acceptors (Lipinski definition) is 4. The predicted octanol–water partition coefficient (Wildman–Crippen LogP) is 3.20. The Morgan fingerprint density at radius 1 is 1.12 bits per heavy atom. The van der Waals surface area contributed by atoms with E-state index in [0.717, 1.165) is 23.2 Å². The highest BCUT2D eigenvalue weighted by molar-refractivity contribution is 5.89. The molecule has 5 nitrogen and oxygen atoms in total. The SMILES string of the molecule is COC(=O)c1ccc(Cn2c(C=O)cnc2-c2ccccc2)cc1. The standard InChI is InChI=1S/C19H16N2O3/c1-24-19(23)16-9-7-14(8-10-16)12-21-17(13-22)11-20-18(21)15-5-3-2-4-6-15/h2-11,13H,12H2,1H3. The van der Waals surface area contributed by atoms with Gasteiger partial charge in [0.2, 0.25) is 0 Å². The van der Waals surface area contributed by atoms with Gasteiger partial charge in [-0.2, -0.15) is 0 Å². The summed E-state index contributed by atoms with van der Waals surface area (Å²) in [7, 11) is 1.35. The Morgan fingerprint density at radius 3 is 2.46 bits per heavy atom. The van der Waals surface area contributed by atoms with Crippen LogP contribution < -0.4 is 0 Å². The molecule has 0 saturated heterocycles. The summed E-state index contributed by atoms with van der Waals surface area (Å²) in [6.45, 7) is 0.486. The first kappa shape index (κ1) is 15.7. The minimum Gasteiger partial charge on any atom is -0.465 e. The average Bonchev–Trinajstić information content (AvgIpc) is 3.05. The molecular weight excluding hydrogens is 304 g/mol. The van der Waals surface area contributed by atoms with Gasteiger partial charge in [0.25, 0.3) is 0 Å². The van der Waals surface area contributed by atoms with Crippen LogP contribution in [0, 0.1) is 0 Å². The molecule has 24 heavy (non-hydrogen) atoms. The molecule has 0 atom stereocenters. The summed E-state index contributed by atoms with van der Waals surface area (Å²) < 4.78 is 6.55. The lowest BCUT2D eigenvalue weighted by Gasteiger charge is -2.10. The largest absolute Gasteiger partial charge is 0.465 e. The smallest absolute Gasteiger partial charge is 0.337 e. The third kappa shape index (κ3) is 3.10. The zero-order chi connectivity index (χ0) is 16.9. The number of carbonyl (C=O) groups excluding carboxylic acids is 2. The summed E-state index contributed by atoms with van der Waals surface area (Å²) >= 11 is 0. The second-order valence-electron chi connectivity index (χ2n) is 5.27. The highest BCUT2D eigenvalue weighted by atomic mass is 16.5. The molecule has 0 unspecified atom stereocenters. The van der Waals surface area contributed by atoms with Crippen LogP contribution in [0.25, 0.3) is 11.4 Å². The number of aldehydes is 1. The fourth-order valence-corrected chi connectivity index (χ4v) is 2.51. The van der Waals surface area contributed by atoms with Crippen molar-refractivity contribution in [2.24, 2.45) is 0 Å². The van der Waals surface area contributed by atoms with Crippen LogP contribution >= 0.6 is 0 Å². The zero-order valence-electron chi connectivity index (χ0n) is 13.2. The Balaban J connectivity index is 1.93. The Bertz CT molecular complexity index is 852. The molecule has 0 bridgehead atoms. The predicted molar refractivity (Wildman–Crippen MR) is 89.9 cm³/mol. The molecule has 1 heterocycles. The van der Waals surface area contributed by atoms with Gasteiger partial charge < -0.3 is 9.30 Å². The van der Waals surface area contributed by atoms with E-state index in [1.165, 1.54) is 7.11 Å². The third-order valence-corrected chi connectivity index (χ3v) is 3.75. The van der Waals surface area contributed by atoms with Crippen molar-refractivity contribution >= 4 is 12.3 Å². The van der Waals surface area contributed by atoms with Crippen LogP contribution in [0.4, 0.5) is 0 Å². The summed E-state index contributed by atoms with van der Waals surface area (Å²) in [5.41, 5.74) is 2.90. The molecule has 0 aliphatic heterocycles. The minimum atomic E-state index is -0.372. The highest BCUT2D eigenvalue weighted by Crippen LogP contribution is 2.20. The van der Waals surface area contributed by atoms with Crippen LogP contribution in [-0.4, -0.2) is 28.9 Å². The molecule has 3 rings (SSSR count). The zero-order valence-corrected chi connectivity index (χ0v) is 13.2. The van der Waals surface area contributed by atoms with Gasteiger partial charge in [0.1, 0.15) is 11.5 Å². The second-order valence-corrected chi connectivity index (χ2v) is 5.27. The van der Waals surface area contributed by atoms with E-state index >= 15 is 0 Å². The number of carbonyl (C=O) groups is 2. The van der Waals surface area contributed by atoms with E-state index in [2.05, 4.69) is 4.98 Å². The summed E-state index contributed by atoms with van der Waals surface area (Å²) in [6, 6.07) is 16.8. The first-order chi connectivity index (χ1) is 11.7. The van der Waals surface area contributed by atoms with E-state index in [-0.39, 0.29) is 5.97 Å². The van der Waals surface area contributed by atoms with Crippen molar-refractivity contribution in [2.45, 2.75) is 6.54 Å². The number of benzene rings is 2. The van der Waals surface area contributed by atoms with E-state index in [4.69, 9.17) is 4.74 Å². The molecule has 0 radical (unpaired) electrons. The molecule has 1 aromatic heterocycles. The van der Waals surface area contributed by atoms with Gasteiger partial charge in [-0.15, -0.1) is 0 Å². The third-order valence-electron chi connectivity index (χ3n) is 3.75. The number of ether oxygens (including phenoxy) is 1. The summed E-state index contributed by atoms with van der Waals surface area (Å²) in [5, 5.41) is 0. The lowest BCUT2D eigenvalue weighted by atomic mass is 10.1. The van der Waals surface area contributed by atoms with Crippen molar-refractivity contribution in [3.8, 4) is 11.4 Å². The van der Waals surface area contributed by atoms with Crippen molar-refractivity contribution < 1.29 is 14.3 Å². The van der Waals surface area contributed by atoms with Gasteiger partial charge in [-0.05, 0) is 17.7 Å². The number of rotatable bonds is 5. The van der Waals surface area contributed by atoms with Crippen LogP contribution in [0.5, 0.6) is 0 Å². The van der Waals surface area contributed by atoms with Crippen molar-refractivity contribution in [2.75, 3.05) is 7.11 Å². The first-order valence-corrected chi connectivity index (χ1v) is 7.46. The molecule has 0 aliphatic carbocycles. The summed E-state index contributed by atoms with van der Waals surface area (Å²) in [4.78, 5) is 27.2. The van der Waals surface area contributed by atoms with Crippen molar-refractivity contribution in [1.82, 2.24) is 9.55 Å². The summed E-state index contributed by atoms with van der Waals surface area (Å²) in [6.07, 6.45) is 2.36. The number of aromatic nitrogens is 2. The molecule has 0 N–H and O–H groups in total. The number of hydrogen-bond donors (Lipinski definition) is 0. The van der Waals surface area contributed by atoms with E-state index in [9.17, 15) is 9.59 Å². The molecule has 0 fully saturated rings. The van der Waals surface area contributed by atoms with Gasteiger partial charge in [0.05, 0.1) is 18.9 Å². The van der Waals surface area contributed by atoms with E-state index in [0.29, 0.717) is 17.8 Å². The molecule has 5 heteroatoms. The number of methoxy groups -OCH3 is 1. The van der Waals surface area contributed by atoms with Crippen LogP contribution in [0.3, 0.4) is 0 Å². The van der Waals surface area contributed by atoms with Crippen molar-refractivity contribution in [3.63, 3.8) is 0 Å². The Hall–Kier alpha value is -3.21. The molecular formula is C19H16N2O3. The van der Waals surface area contributed by atoms with Crippen molar-refractivity contribution in [3.05, 3.63) is 77.6 Å². The van der Waals surface area contributed by atoms with Crippen molar-refractivity contribution in [1.29, 1.82) is 0 Å². The molecule has 0 amide bonds. The Labute approximate surface area is 139 Å². The number of nitrogens with zero attached hydrogens (tertiary/aromatic N) is 2. The molecule has 3 aromatic rings. The van der Waals surface area contributed by atoms with Gasteiger partial charge in [-0.3, -0.25) is 4.79 Å². The van der Waals surface area contributed by atoms with Gasteiger partial charge in [-0.25, -0.2) is 9.78 Å².